The zero-order valence-corrected chi connectivity index (χ0v) is 9.49. The quantitative estimate of drug-likeness (QED) is 0.823. The van der Waals surface area contributed by atoms with Gasteiger partial charge in [0.2, 0.25) is 0 Å². The summed E-state index contributed by atoms with van der Waals surface area (Å²) in [5, 5.41) is 6.50. The lowest BCUT2D eigenvalue weighted by molar-refractivity contribution is -0.0777. The summed E-state index contributed by atoms with van der Waals surface area (Å²) in [6, 6.07) is 0. The van der Waals surface area contributed by atoms with Crippen LogP contribution in [0.25, 0.3) is 0 Å². The Labute approximate surface area is 88.5 Å². The van der Waals surface area contributed by atoms with E-state index < -0.39 is 0 Å². The van der Waals surface area contributed by atoms with Crippen molar-refractivity contribution < 1.29 is 4.74 Å². The van der Waals surface area contributed by atoms with Crippen LogP contribution in [0.1, 0.15) is 24.5 Å². The van der Waals surface area contributed by atoms with E-state index in [1.807, 2.05) is 0 Å². The summed E-state index contributed by atoms with van der Waals surface area (Å²) < 4.78 is 5.79. The Morgan fingerprint density at radius 2 is 2.43 bits per heavy atom. The normalized spacial score (nSPS) is 19.3. The number of nitrogens with one attached hydrogen (secondary N) is 1. The Hall–Kier alpha value is -0.450. The van der Waals surface area contributed by atoms with Crippen LogP contribution in [0, 0.1) is 0 Å². The SMILES string of the molecule is CCc1nc(COC2(C)CNC2)cs1. The van der Waals surface area contributed by atoms with Crippen molar-refractivity contribution in [1.29, 1.82) is 0 Å². The maximum absolute atomic E-state index is 5.79. The van der Waals surface area contributed by atoms with Crippen molar-refractivity contribution >= 4 is 11.3 Å². The van der Waals surface area contributed by atoms with E-state index in [1.54, 1.807) is 11.3 Å². The van der Waals surface area contributed by atoms with Gasteiger partial charge in [0.25, 0.3) is 0 Å². The maximum Gasteiger partial charge on any atom is 0.0926 e. The first-order valence-electron chi connectivity index (χ1n) is 5.00. The van der Waals surface area contributed by atoms with Gasteiger partial charge >= 0.3 is 0 Å². The zero-order valence-electron chi connectivity index (χ0n) is 8.67. The van der Waals surface area contributed by atoms with Gasteiger partial charge in [-0.05, 0) is 13.3 Å². The minimum atomic E-state index is 0.0377. The van der Waals surface area contributed by atoms with Crippen LogP contribution in [0.15, 0.2) is 5.38 Å². The largest absolute Gasteiger partial charge is 0.366 e. The van der Waals surface area contributed by atoms with Crippen LogP contribution in [0.4, 0.5) is 0 Å². The number of rotatable bonds is 4. The van der Waals surface area contributed by atoms with E-state index in [2.05, 4.69) is 29.5 Å². The molecule has 0 aromatic carbocycles. The third-order valence-corrected chi connectivity index (χ3v) is 3.51. The molecule has 1 N–H and O–H groups in total. The number of nitrogens with zero attached hydrogens (tertiary/aromatic N) is 1. The number of ether oxygens (including phenoxy) is 1. The van der Waals surface area contributed by atoms with Crippen molar-refractivity contribution in [2.24, 2.45) is 0 Å². The van der Waals surface area contributed by atoms with Gasteiger partial charge in [0.15, 0.2) is 0 Å². The summed E-state index contributed by atoms with van der Waals surface area (Å²) in [6.07, 6.45) is 1.02. The topological polar surface area (TPSA) is 34.1 Å². The van der Waals surface area contributed by atoms with Crippen molar-refractivity contribution in [1.82, 2.24) is 10.3 Å². The Morgan fingerprint density at radius 3 is 2.93 bits per heavy atom. The first kappa shape index (κ1) is 10.1. The second-order valence-electron chi connectivity index (χ2n) is 3.93. The maximum atomic E-state index is 5.79. The minimum absolute atomic E-state index is 0.0377. The minimum Gasteiger partial charge on any atom is -0.366 e. The molecule has 4 heteroatoms. The summed E-state index contributed by atoms with van der Waals surface area (Å²) in [7, 11) is 0. The molecule has 1 fully saturated rings. The van der Waals surface area contributed by atoms with E-state index in [0.717, 1.165) is 25.2 Å². The molecule has 0 unspecified atom stereocenters. The molecule has 1 aromatic heterocycles. The van der Waals surface area contributed by atoms with E-state index in [0.29, 0.717) is 6.61 Å². The number of hydrogen-bond donors (Lipinski definition) is 1. The third-order valence-electron chi connectivity index (χ3n) is 2.47. The highest BCUT2D eigenvalue weighted by Crippen LogP contribution is 2.18. The first-order chi connectivity index (χ1) is 6.72. The zero-order chi connectivity index (χ0) is 10.0. The average Bonchev–Trinajstić information content (AvgIpc) is 2.59. The fraction of sp³-hybridized carbons (Fsp3) is 0.700. The van der Waals surface area contributed by atoms with Gasteiger partial charge in [-0.15, -0.1) is 11.3 Å². The molecular formula is C10H16N2OS. The highest BCUT2D eigenvalue weighted by atomic mass is 32.1. The van der Waals surface area contributed by atoms with Gasteiger partial charge in [0.1, 0.15) is 0 Å². The average molecular weight is 212 g/mol. The van der Waals surface area contributed by atoms with Crippen LogP contribution in [0.3, 0.4) is 0 Å². The Bertz CT molecular complexity index is 307. The second kappa shape index (κ2) is 3.96. The van der Waals surface area contributed by atoms with Crippen molar-refractivity contribution in [3.05, 3.63) is 16.1 Å². The Kier molecular flexibility index (Phi) is 2.85. The molecule has 2 heterocycles. The standard InChI is InChI=1S/C10H16N2OS/c1-3-9-12-8(5-14-9)4-13-10(2)6-11-7-10/h5,11H,3-4,6-7H2,1-2H3. The van der Waals surface area contributed by atoms with Crippen LogP contribution < -0.4 is 5.32 Å². The first-order valence-corrected chi connectivity index (χ1v) is 5.88. The summed E-state index contributed by atoms with van der Waals surface area (Å²) in [4.78, 5) is 4.46. The second-order valence-corrected chi connectivity index (χ2v) is 4.87. The van der Waals surface area contributed by atoms with Crippen LogP contribution >= 0.6 is 11.3 Å². The molecule has 14 heavy (non-hydrogen) atoms. The molecular weight excluding hydrogens is 196 g/mol. The monoisotopic (exact) mass is 212 g/mol. The summed E-state index contributed by atoms with van der Waals surface area (Å²) in [5.74, 6) is 0. The summed E-state index contributed by atoms with van der Waals surface area (Å²) in [5.41, 5.74) is 1.11. The molecule has 0 atom stereocenters. The highest BCUT2D eigenvalue weighted by Gasteiger charge is 2.32. The van der Waals surface area contributed by atoms with Crippen molar-refractivity contribution in [2.75, 3.05) is 13.1 Å². The molecule has 1 aliphatic rings. The van der Waals surface area contributed by atoms with Gasteiger partial charge in [-0.2, -0.15) is 0 Å². The Balaban J connectivity index is 1.85. The predicted octanol–water partition coefficient (Wildman–Crippen LogP) is 1.58. The van der Waals surface area contributed by atoms with Crippen LogP contribution in [0.2, 0.25) is 0 Å². The molecule has 0 bridgehead atoms. The third kappa shape index (κ3) is 2.13. The number of aromatic nitrogens is 1. The van der Waals surface area contributed by atoms with E-state index in [-0.39, 0.29) is 5.60 Å². The fourth-order valence-electron chi connectivity index (χ4n) is 1.40. The van der Waals surface area contributed by atoms with Gasteiger partial charge in [-0.25, -0.2) is 4.98 Å². The highest BCUT2D eigenvalue weighted by molar-refractivity contribution is 7.09. The van der Waals surface area contributed by atoms with E-state index >= 15 is 0 Å². The molecule has 1 saturated heterocycles. The lowest BCUT2D eigenvalue weighted by Crippen LogP contribution is -2.58. The van der Waals surface area contributed by atoms with Gasteiger partial charge < -0.3 is 10.1 Å². The Morgan fingerprint density at radius 1 is 1.64 bits per heavy atom. The smallest absolute Gasteiger partial charge is 0.0926 e. The molecule has 0 amide bonds. The van der Waals surface area contributed by atoms with Crippen molar-refractivity contribution in [3.63, 3.8) is 0 Å². The molecule has 0 radical (unpaired) electrons. The van der Waals surface area contributed by atoms with Gasteiger partial charge in [0.05, 0.1) is 22.9 Å². The molecule has 0 spiro atoms. The van der Waals surface area contributed by atoms with Crippen LogP contribution in [-0.4, -0.2) is 23.7 Å². The lowest BCUT2D eigenvalue weighted by atomic mass is 10.0. The van der Waals surface area contributed by atoms with E-state index in [4.69, 9.17) is 4.74 Å². The fourth-order valence-corrected chi connectivity index (χ4v) is 2.13. The summed E-state index contributed by atoms with van der Waals surface area (Å²) in [6.45, 7) is 6.82. The number of aryl methyl sites for hydroxylation is 1. The molecule has 3 nitrogen and oxygen atoms in total. The van der Waals surface area contributed by atoms with Gasteiger partial charge in [0, 0.05) is 18.5 Å². The molecule has 1 aromatic rings. The number of hydrogen-bond acceptors (Lipinski definition) is 4. The molecule has 1 aliphatic heterocycles. The van der Waals surface area contributed by atoms with Crippen molar-refractivity contribution in [2.45, 2.75) is 32.5 Å². The predicted molar refractivity (Wildman–Crippen MR) is 57.6 cm³/mol. The number of thiazole rings is 1. The van der Waals surface area contributed by atoms with Crippen LogP contribution in [0.5, 0.6) is 0 Å². The summed E-state index contributed by atoms with van der Waals surface area (Å²) >= 11 is 1.72. The molecule has 0 saturated carbocycles. The van der Waals surface area contributed by atoms with E-state index in [1.165, 1.54) is 5.01 Å². The van der Waals surface area contributed by atoms with Crippen molar-refractivity contribution in [3.8, 4) is 0 Å². The molecule has 0 aliphatic carbocycles. The molecule has 2 rings (SSSR count). The molecule has 78 valence electrons. The van der Waals surface area contributed by atoms with E-state index in [9.17, 15) is 0 Å². The lowest BCUT2D eigenvalue weighted by Gasteiger charge is -2.38. The van der Waals surface area contributed by atoms with Gasteiger partial charge in [-0.1, -0.05) is 6.92 Å². The van der Waals surface area contributed by atoms with Gasteiger partial charge in [-0.3, -0.25) is 0 Å². The van der Waals surface area contributed by atoms with Crippen LogP contribution in [-0.2, 0) is 17.8 Å².